The van der Waals surface area contributed by atoms with E-state index in [1.165, 1.54) is 18.3 Å². The number of aromatic carboxylic acids is 1. The van der Waals surface area contributed by atoms with Crippen LogP contribution in [0.3, 0.4) is 0 Å². The molecule has 1 unspecified atom stereocenters. The lowest BCUT2D eigenvalue weighted by Crippen LogP contribution is -2.36. The highest BCUT2D eigenvalue weighted by molar-refractivity contribution is 7.99. The fourth-order valence-corrected chi connectivity index (χ4v) is 1.80. The number of carboxylic acid groups (broad SMARTS) is 1. The molecule has 0 aliphatic heterocycles. The van der Waals surface area contributed by atoms with Crippen molar-refractivity contribution in [3.63, 3.8) is 0 Å². The molecule has 0 aliphatic rings. The molecule has 1 aromatic rings. The second-order valence-corrected chi connectivity index (χ2v) is 5.56. The number of carbonyl (C=O) groups is 2. The molecule has 0 saturated carbocycles. The van der Waals surface area contributed by atoms with Crippen LogP contribution in [-0.2, 0) is 6.54 Å². The van der Waals surface area contributed by atoms with Gasteiger partial charge in [0.15, 0.2) is 0 Å². The van der Waals surface area contributed by atoms with Gasteiger partial charge in [-0.1, -0.05) is 6.92 Å². The molecule has 1 heterocycles. The number of urea groups is 1. The second-order valence-electron chi connectivity index (χ2n) is 4.29. The first-order valence-electron chi connectivity index (χ1n) is 6.25. The number of hydrogen-bond acceptors (Lipinski definition) is 4. The van der Waals surface area contributed by atoms with E-state index >= 15 is 0 Å². The van der Waals surface area contributed by atoms with Crippen LogP contribution in [-0.4, -0.2) is 40.1 Å². The lowest BCUT2D eigenvalue weighted by Gasteiger charge is -2.10. The molecule has 0 aliphatic carbocycles. The average Bonchev–Trinajstić information content (AvgIpc) is 2.45. The Morgan fingerprint density at radius 2 is 2.20 bits per heavy atom. The van der Waals surface area contributed by atoms with Crippen LogP contribution < -0.4 is 10.6 Å². The zero-order valence-corrected chi connectivity index (χ0v) is 12.4. The number of carboxylic acids is 1. The van der Waals surface area contributed by atoms with Crippen LogP contribution >= 0.6 is 11.8 Å². The van der Waals surface area contributed by atoms with E-state index in [2.05, 4.69) is 22.5 Å². The van der Waals surface area contributed by atoms with Gasteiger partial charge in [0.2, 0.25) is 0 Å². The first kappa shape index (κ1) is 16.3. The van der Waals surface area contributed by atoms with Crippen molar-refractivity contribution in [2.45, 2.75) is 25.1 Å². The highest BCUT2D eigenvalue weighted by Crippen LogP contribution is 2.07. The molecule has 0 fully saturated rings. The predicted octanol–water partition coefficient (Wildman–Crippen LogP) is 1.72. The minimum absolute atomic E-state index is 0.158. The highest BCUT2D eigenvalue weighted by atomic mass is 32.2. The number of nitrogens with one attached hydrogen (secondary N) is 2. The number of carbonyl (C=O) groups excluding carboxylic acids is 1. The van der Waals surface area contributed by atoms with E-state index in [1.807, 2.05) is 6.26 Å². The number of rotatable bonds is 7. The van der Waals surface area contributed by atoms with Crippen molar-refractivity contribution in [3.05, 3.63) is 29.6 Å². The van der Waals surface area contributed by atoms with E-state index in [1.54, 1.807) is 11.8 Å². The zero-order valence-electron chi connectivity index (χ0n) is 11.5. The molecule has 2 amide bonds. The molecule has 1 aromatic heterocycles. The van der Waals surface area contributed by atoms with E-state index in [0.29, 0.717) is 17.5 Å². The van der Waals surface area contributed by atoms with Crippen molar-refractivity contribution < 1.29 is 14.7 Å². The summed E-state index contributed by atoms with van der Waals surface area (Å²) < 4.78 is 0. The van der Waals surface area contributed by atoms with Crippen molar-refractivity contribution in [1.82, 2.24) is 15.6 Å². The number of nitrogens with zero attached hydrogens (tertiary/aromatic N) is 1. The molecule has 0 saturated heterocycles. The van der Waals surface area contributed by atoms with Gasteiger partial charge < -0.3 is 15.7 Å². The Labute approximate surface area is 122 Å². The monoisotopic (exact) mass is 297 g/mol. The Balaban J connectivity index is 2.34. The van der Waals surface area contributed by atoms with Crippen molar-refractivity contribution >= 4 is 23.8 Å². The summed E-state index contributed by atoms with van der Waals surface area (Å²) in [4.78, 5) is 26.3. The van der Waals surface area contributed by atoms with Crippen LogP contribution in [0.15, 0.2) is 18.3 Å². The molecule has 0 aromatic carbocycles. The largest absolute Gasteiger partial charge is 0.478 e. The van der Waals surface area contributed by atoms with Crippen LogP contribution in [0.5, 0.6) is 0 Å². The van der Waals surface area contributed by atoms with Crippen LogP contribution in [0, 0.1) is 0 Å². The fraction of sp³-hybridized carbons (Fsp3) is 0.462. The number of amides is 2. The Morgan fingerprint density at radius 3 is 2.85 bits per heavy atom. The third-order valence-electron chi connectivity index (χ3n) is 2.73. The lowest BCUT2D eigenvalue weighted by molar-refractivity contribution is 0.0696. The first-order valence-corrected chi connectivity index (χ1v) is 7.54. The van der Waals surface area contributed by atoms with Gasteiger partial charge in [-0.2, -0.15) is 11.8 Å². The van der Waals surface area contributed by atoms with Gasteiger partial charge in [-0.3, -0.25) is 4.98 Å². The SMILES string of the molecule is CSC(C)CCNC(=O)NCc1cc(C(=O)O)ccn1. The minimum Gasteiger partial charge on any atom is -0.478 e. The van der Waals surface area contributed by atoms with Crippen LogP contribution in [0.1, 0.15) is 29.4 Å². The number of thioether (sulfide) groups is 1. The third-order valence-corrected chi connectivity index (χ3v) is 3.77. The van der Waals surface area contributed by atoms with Crippen LogP contribution in [0.25, 0.3) is 0 Å². The smallest absolute Gasteiger partial charge is 0.335 e. The number of aromatic nitrogens is 1. The average molecular weight is 297 g/mol. The molecule has 20 heavy (non-hydrogen) atoms. The zero-order chi connectivity index (χ0) is 15.0. The summed E-state index contributed by atoms with van der Waals surface area (Å²) in [5.41, 5.74) is 0.670. The minimum atomic E-state index is -1.01. The predicted molar refractivity (Wildman–Crippen MR) is 79.0 cm³/mol. The van der Waals surface area contributed by atoms with Crippen molar-refractivity contribution in [1.29, 1.82) is 0 Å². The lowest BCUT2D eigenvalue weighted by atomic mass is 10.2. The normalized spacial score (nSPS) is 11.7. The Bertz CT molecular complexity index is 468. The standard InChI is InChI=1S/C13H19N3O3S/c1-9(20-2)3-5-15-13(19)16-8-11-7-10(12(17)18)4-6-14-11/h4,6-7,9H,3,5,8H2,1-2H3,(H,17,18)(H2,15,16,19). The maximum atomic E-state index is 11.5. The molecule has 110 valence electrons. The van der Waals surface area contributed by atoms with Gasteiger partial charge in [0.25, 0.3) is 0 Å². The molecule has 0 spiro atoms. The summed E-state index contributed by atoms with van der Waals surface area (Å²) in [5.74, 6) is -1.01. The van der Waals surface area contributed by atoms with Gasteiger partial charge in [-0.05, 0) is 24.8 Å². The summed E-state index contributed by atoms with van der Waals surface area (Å²) in [5, 5.41) is 14.7. The Morgan fingerprint density at radius 1 is 1.45 bits per heavy atom. The van der Waals surface area contributed by atoms with E-state index in [-0.39, 0.29) is 18.1 Å². The van der Waals surface area contributed by atoms with Gasteiger partial charge in [0, 0.05) is 18.0 Å². The molecule has 3 N–H and O–H groups in total. The first-order chi connectivity index (χ1) is 9.52. The summed E-state index contributed by atoms with van der Waals surface area (Å²) in [7, 11) is 0. The number of pyridine rings is 1. The second kappa shape index (κ2) is 8.42. The van der Waals surface area contributed by atoms with Gasteiger partial charge >= 0.3 is 12.0 Å². The summed E-state index contributed by atoms with van der Waals surface area (Å²) >= 11 is 1.75. The molecule has 6 nitrogen and oxygen atoms in total. The van der Waals surface area contributed by atoms with Gasteiger partial charge in [-0.25, -0.2) is 9.59 Å². The van der Waals surface area contributed by atoms with Crippen LogP contribution in [0.2, 0.25) is 0 Å². The van der Waals surface area contributed by atoms with E-state index in [0.717, 1.165) is 6.42 Å². The van der Waals surface area contributed by atoms with E-state index in [4.69, 9.17) is 5.11 Å². The molecule has 1 rings (SSSR count). The Hall–Kier alpha value is -1.76. The third kappa shape index (κ3) is 5.92. The van der Waals surface area contributed by atoms with E-state index in [9.17, 15) is 9.59 Å². The van der Waals surface area contributed by atoms with Gasteiger partial charge in [0.1, 0.15) is 0 Å². The fourth-order valence-electron chi connectivity index (χ4n) is 1.45. The van der Waals surface area contributed by atoms with Crippen molar-refractivity contribution in [2.75, 3.05) is 12.8 Å². The number of hydrogen-bond donors (Lipinski definition) is 3. The van der Waals surface area contributed by atoms with Crippen molar-refractivity contribution in [2.24, 2.45) is 0 Å². The molecule has 1 atom stereocenters. The summed E-state index contributed by atoms with van der Waals surface area (Å²) in [6.45, 7) is 2.91. The van der Waals surface area contributed by atoms with Gasteiger partial charge in [0.05, 0.1) is 17.8 Å². The summed E-state index contributed by atoms with van der Waals surface area (Å²) in [6, 6.07) is 2.58. The quantitative estimate of drug-likeness (QED) is 0.713. The van der Waals surface area contributed by atoms with Crippen molar-refractivity contribution in [3.8, 4) is 0 Å². The molecule has 7 heteroatoms. The molecular formula is C13H19N3O3S. The molecular weight excluding hydrogens is 278 g/mol. The van der Waals surface area contributed by atoms with Crippen LogP contribution in [0.4, 0.5) is 4.79 Å². The topological polar surface area (TPSA) is 91.3 Å². The summed E-state index contributed by atoms with van der Waals surface area (Å²) in [6.07, 6.45) is 4.35. The highest BCUT2D eigenvalue weighted by Gasteiger charge is 2.06. The maximum Gasteiger partial charge on any atom is 0.335 e. The maximum absolute atomic E-state index is 11.5. The Kier molecular flexibility index (Phi) is 6.86. The van der Waals surface area contributed by atoms with Gasteiger partial charge in [-0.15, -0.1) is 0 Å². The molecule has 0 bridgehead atoms. The molecule has 0 radical (unpaired) electrons. The van der Waals surface area contributed by atoms with E-state index < -0.39 is 5.97 Å².